The summed E-state index contributed by atoms with van der Waals surface area (Å²) in [6.45, 7) is 3.26. The Bertz CT molecular complexity index is 822. The first-order valence-electron chi connectivity index (χ1n) is 9.07. The molecule has 148 valence electrons. The molecule has 8 nitrogen and oxygen atoms in total. The van der Waals surface area contributed by atoms with Crippen LogP contribution in [0.3, 0.4) is 0 Å². The lowest BCUT2D eigenvalue weighted by Gasteiger charge is -2.35. The molecule has 8 heteroatoms. The third-order valence-electron chi connectivity index (χ3n) is 4.76. The molecule has 1 aliphatic heterocycles. The fourth-order valence-corrected chi connectivity index (χ4v) is 3.29. The molecule has 2 aromatic carbocycles. The molecular weight excluding hydrogens is 362 g/mol. The standard InChI is InChI=1S/C20H23N3O5/c1-27-19-8-7-16(13-17(19)23(25)26)20(24)21-14-18(15-5-3-2-4-6-15)22-9-11-28-12-10-22/h2-8,13,18H,9-12,14H2,1H3,(H,21,24). The van der Waals surface area contributed by atoms with Crippen LogP contribution in [-0.2, 0) is 4.74 Å². The van der Waals surface area contributed by atoms with E-state index in [0.717, 1.165) is 18.7 Å². The van der Waals surface area contributed by atoms with Crippen molar-refractivity contribution in [3.63, 3.8) is 0 Å². The number of benzene rings is 2. The fourth-order valence-electron chi connectivity index (χ4n) is 3.29. The molecule has 1 saturated heterocycles. The van der Waals surface area contributed by atoms with Gasteiger partial charge in [0.05, 0.1) is 31.3 Å². The molecule has 0 aromatic heterocycles. The van der Waals surface area contributed by atoms with Crippen LogP contribution < -0.4 is 10.1 Å². The van der Waals surface area contributed by atoms with Gasteiger partial charge in [-0.05, 0) is 17.7 Å². The zero-order valence-electron chi connectivity index (χ0n) is 15.7. The average molecular weight is 385 g/mol. The van der Waals surface area contributed by atoms with Crippen molar-refractivity contribution in [1.29, 1.82) is 0 Å². The summed E-state index contributed by atoms with van der Waals surface area (Å²) < 4.78 is 10.4. The first-order chi connectivity index (χ1) is 13.6. The Morgan fingerprint density at radius 3 is 2.61 bits per heavy atom. The molecule has 0 spiro atoms. The van der Waals surface area contributed by atoms with E-state index in [2.05, 4.69) is 10.2 Å². The number of nitrogens with one attached hydrogen (secondary N) is 1. The van der Waals surface area contributed by atoms with E-state index in [-0.39, 0.29) is 28.9 Å². The lowest BCUT2D eigenvalue weighted by Crippen LogP contribution is -2.43. The van der Waals surface area contributed by atoms with E-state index in [1.54, 1.807) is 0 Å². The Hall–Kier alpha value is -2.97. The smallest absolute Gasteiger partial charge is 0.311 e. The van der Waals surface area contributed by atoms with Crippen molar-refractivity contribution in [3.05, 3.63) is 69.8 Å². The number of carbonyl (C=O) groups is 1. The highest BCUT2D eigenvalue weighted by atomic mass is 16.6. The number of hydrogen-bond acceptors (Lipinski definition) is 6. The largest absolute Gasteiger partial charge is 0.490 e. The minimum Gasteiger partial charge on any atom is -0.490 e. The maximum atomic E-state index is 12.6. The predicted molar refractivity (Wildman–Crippen MR) is 104 cm³/mol. The molecule has 0 radical (unpaired) electrons. The second-order valence-electron chi connectivity index (χ2n) is 6.43. The molecular formula is C20H23N3O5. The summed E-state index contributed by atoms with van der Waals surface area (Å²) in [7, 11) is 1.36. The van der Waals surface area contributed by atoms with Crippen LogP contribution in [0.1, 0.15) is 22.0 Å². The highest BCUT2D eigenvalue weighted by Crippen LogP contribution is 2.27. The highest BCUT2D eigenvalue weighted by Gasteiger charge is 2.24. The van der Waals surface area contributed by atoms with Crippen molar-refractivity contribution >= 4 is 11.6 Å². The number of morpholine rings is 1. The van der Waals surface area contributed by atoms with Gasteiger partial charge in [-0.15, -0.1) is 0 Å². The predicted octanol–water partition coefficient (Wildman–Crippen LogP) is 2.41. The zero-order chi connectivity index (χ0) is 19.9. The molecule has 28 heavy (non-hydrogen) atoms. The molecule has 1 aliphatic rings. The minimum atomic E-state index is -0.559. The van der Waals surface area contributed by atoms with Crippen molar-refractivity contribution in [2.75, 3.05) is 40.0 Å². The van der Waals surface area contributed by atoms with Gasteiger partial charge in [0, 0.05) is 31.3 Å². The summed E-state index contributed by atoms with van der Waals surface area (Å²) in [5, 5.41) is 14.1. The van der Waals surface area contributed by atoms with Crippen molar-refractivity contribution < 1.29 is 19.2 Å². The van der Waals surface area contributed by atoms with Gasteiger partial charge >= 0.3 is 5.69 Å². The van der Waals surface area contributed by atoms with Gasteiger partial charge in [0.15, 0.2) is 5.75 Å². The number of methoxy groups -OCH3 is 1. The summed E-state index contributed by atoms with van der Waals surface area (Å²) in [6, 6.07) is 14.2. The van der Waals surface area contributed by atoms with E-state index >= 15 is 0 Å². The van der Waals surface area contributed by atoms with Gasteiger partial charge in [-0.2, -0.15) is 0 Å². The van der Waals surface area contributed by atoms with Gasteiger partial charge in [-0.25, -0.2) is 0 Å². The Labute approximate surface area is 163 Å². The monoisotopic (exact) mass is 385 g/mol. The lowest BCUT2D eigenvalue weighted by atomic mass is 10.0. The van der Waals surface area contributed by atoms with Crippen LogP contribution in [0.4, 0.5) is 5.69 Å². The maximum absolute atomic E-state index is 12.6. The number of rotatable bonds is 7. The van der Waals surface area contributed by atoms with Crippen molar-refractivity contribution in [2.24, 2.45) is 0 Å². The number of ether oxygens (including phenoxy) is 2. The Morgan fingerprint density at radius 2 is 1.96 bits per heavy atom. The summed E-state index contributed by atoms with van der Waals surface area (Å²) in [6.07, 6.45) is 0. The first-order valence-corrected chi connectivity index (χ1v) is 9.07. The Morgan fingerprint density at radius 1 is 1.25 bits per heavy atom. The number of amides is 1. The van der Waals surface area contributed by atoms with Crippen LogP contribution in [0.5, 0.6) is 5.75 Å². The molecule has 3 rings (SSSR count). The minimum absolute atomic E-state index is 0.00211. The van der Waals surface area contributed by atoms with Crippen LogP contribution >= 0.6 is 0 Å². The Kier molecular flexibility index (Phi) is 6.57. The molecule has 1 heterocycles. The normalized spacial score (nSPS) is 15.6. The molecule has 1 fully saturated rings. The van der Waals surface area contributed by atoms with E-state index in [9.17, 15) is 14.9 Å². The number of nitrogens with zero attached hydrogens (tertiary/aromatic N) is 2. The van der Waals surface area contributed by atoms with Crippen LogP contribution in [0.2, 0.25) is 0 Å². The SMILES string of the molecule is COc1ccc(C(=O)NCC(c2ccccc2)N2CCOCC2)cc1[N+](=O)[O-]. The summed E-state index contributed by atoms with van der Waals surface area (Å²) in [5.74, 6) is -0.239. The van der Waals surface area contributed by atoms with E-state index in [0.29, 0.717) is 19.8 Å². The second kappa shape index (κ2) is 9.29. The molecule has 1 atom stereocenters. The van der Waals surface area contributed by atoms with E-state index in [1.165, 1.54) is 25.3 Å². The topological polar surface area (TPSA) is 93.9 Å². The third-order valence-corrected chi connectivity index (χ3v) is 4.76. The van der Waals surface area contributed by atoms with Crippen LogP contribution in [0.25, 0.3) is 0 Å². The molecule has 0 saturated carbocycles. The second-order valence-corrected chi connectivity index (χ2v) is 6.43. The number of carbonyl (C=O) groups excluding carboxylic acids is 1. The molecule has 0 aliphatic carbocycles. The number of nitro groups is 1. The molecule has 1 N–H and O–H groups in total. The van der Waals surface area contributed by atoms with E-state index < -0.39 is 4.92 Å². The molecule has 0 bridgehead atoms. The number of hydrogen-bond donors (Lipinski definition) is 1. The van der Waals surface area contributed by atoms with Crippen LogP contribution in [0, 0.1) is 10.1 Å². The van der Waals surface area contributed by atoms with Gasteiger partial charge < -0.3 is 14.8 Å². The lowest BCUT2D eigenvalue weighted by molar-refractivity contribution is -0.385. The maximum Gasteiger partial charge on any atom is 0.311 e. The molecule has 1 amide bonds. The quantitative estimate of drug-likeness (QED) is 0.581. The van der Waals surface area contributed by atoms with E-state index in [4.69, 9.17) is 9.47 Å². The highest BCUT2D eigenvalue weighted by molar-refractivity contribution is 5.95. The zero-order valence-corrected chi connectivity index (χ0v) is 15.7. The van der Waals surface area contributed by atoms with Crippen molar-refractivity contribution in [3.8, 4) is 5.75 Å². The third kappa shape index (κ3) is 4.65. The van der Waals surface area contributed by atoms with Crippen molar-refractivity contribution in [1.82, 2.24) is 10.2 Å². The Balaban J connectivity index is 1.75. The van der Waals surface area contributed by atoms with Crippen LogP contribution in [-0.4, -0.2) is 55.7 Å². The fraction of sp³-hybridized carbons (Fsp3) is 0.350. The van der Waals surface area contributed by atoms with Crippen LogP contribution in [0.15, 0.2) is 48.5 Å². The summed E-state index contributed by atoms with van der Waals surface area (Å²) in [5.41, 5.74) is 1.09. The summed E-state index contributed by atoms with van der Waals surface area (Å²) >= 11 is 0. The molecule has 1 unspecified atom stereocenters. The van der Waals surface area contributed by atoms with Gasteiger partial charge in [0.25, 0.3) is 5.91 Å². The average Bonchev–Trinajstić information content (AvgIpc) is 2.74. The van der Waals surface area contributed by atoms with Gasteiger partial charge in [-0.1, -0.05) is 30.3 Å². The van der Waals surface area contributed by atoms with Crippen molar-refractivity contribution in [2.45, 2.75) is 6.04 Å². The van der Waals surface area contributed by atoms with E-state index in [1.807, 2.05) is 30.3 Å². The van der Waals surface area contributed by atoms with Gasteiger partial charge in [0.2, 0.25) is 0 Å². The first kappa shape index (κ1) is 19.8. The van der Waals surface area contributed by atoms with Gasteiger partial charge in [0.1, 0.15) is 0 Å². The number of nitro benzene ring substituents is 1. The van der Waals surface area contributed by atoms with Gasteiger partial charge in [-0.3, -0.25) is 19.8 Å². The molecule has 2 aromatic rings. The summed E-state index contributed by atoms with van der Waals surface area (Å²) in [4.78, 5) is 25.5.